The molecule has 1 aromatic carbocycles. The van der Waals surface area contributed by atoms with Crippen LogP contribution in [-0.4, -0.2) is 17.9 Å². The quantitative estimate of drug-likeness (QED) is 0.797. The fraction of sp³-hybridized carbons (Fsp3) is 0.357. The maximum absolute atomic E-state index is 11.7. The number of hydrogen-bond donors (Lipinski definition) is 2. The standard InChI is InChI=1S/C14H17N3O2/c1-3-12(8-9-15)16-14(19)17-13-6-4-11(5-7-13)10(2)18/h4-7,12H,3,8H2,1-2H3,(H2,16,17,19). The Balaban J connectivity index is 2.57. The Morgan fingerprint density at radius 1 is 1.32 bits per heavy atom. The number of rotatable bonds is 5. The summed E-state index contributed by atoms with van der Waals surface area (Å²) in [7, 11) is 0. The predicted molar refractivity (Wildman–Crippen MR) is 72.9 cm³/mol. The molecular weight excluding hydrogens is 242 g/mol. The highest BCUT2D eigenvalue weighted by Gasteiger charge is 2.09. The number of carbonyl (C=O) groups excluding carboxylic acids is 2. The van der Waals surface area contributed by atoms with Crippen molar-refractivity contribution in [1.82, 2.24) is 5.32 Å². The van der Waals surface area contributed by atoms with Crippen LogP contribution in [0.5, 0.6) is 0 Å². The Hall–Kier alpha value is -2.35. The average molecular weight is 259 g/mol. The van der Waals surface area contributed by atoms with Crippen LogP contribution in [0.15, 0.2) is 24.3 Å². The van der Waals surface area contributed by atoms with Gasteiger partial charge in [-0.3, -0.25) is 4.79 Å². The van der Waals surface area contributed by atoms with Crippen molar-refractivity contribution in [3.8, 4) is 6.07 Å². The zero-order valence-corrected chi connectivity index (χ0v) is 11.1. The molecule has 19 heavy (non-hydrogen) atoms. The van der Waals surface area contributed by atoms with Gasteiger partial charge in [0, 0.05) is 17.3 Å². The molecule has 2 amide bonds. The van der Waals surface area contributed by atoms with E-state index in [2.05, 4.69) is 10.6 Å². The Morgan fingerprint density at radius 3 is 2.42 bits per heavy atom. The third-order valence-corrected chi connectivity index (χ3v) is 2.71. The van der Waals surface area contributed by atoms with Crippen molar-refractivity contribution in [2.45, 2.75) is 32.7 Å². The molecule has 1 atom stereocenters. The first kappa shape index (κ1) is 14.7. The number of amides is 2. The lowest BCUT2D eigenvalue weighted by atomic mass is 10.1. The summed E-state index contributed by atoms with van der Waals surface area (Å²) in [5, 5.41) is 14.0. The minimum atomic E-state index is -0.349. The van der Waals surface area contributed by atoms with E-state index in [4.69, 9.17) is 5.26 Å². The number of Topliss-reactive ketones (excluding diaryl/α,β-unsaturated/α-hetero) is 1. The maximum atomic E-state index is 11.7. The van der Waals surface area contributed by atoms with Gasteiger partial charge in [0.05, 0.1) is 12.5 Å². The number of anilines is 1. The van der Waals surface area contributed by atoms with Gasteiger partial charge in [0.2, 0.25) is 0 Å². The molecule has 1 rings (SSSR count). The number of nitrogens with one attached hydrogen (secondary N) is 2. The number of ketones is 1. The first-order chi connectivity index (χ1) is 9.06. The summed E-state index contributed by atoms with van der Waals surface area (Å²) in [4.78, 5) is 22.8. The Kier molecular flexibility index (Phi) is 5.55. The van der Waals surface area contributed by atoms with E-state index in [0.29, 0.717) is 17.7 Å². The molecular formula is C14H17N3O2. The molecule has 0 bridgehead atoms. The predicted octanol–water partition coefficient (Wildman–Crippen LogP) is 2.70. The van der Waals surface area contributed by atoms with Crippen molar-refractivity contribution >= 4 is 17.5 Å². The van der Waals surface area contributed by atoms with Gasteiger partial charge in [-0.25, -0.2) is 4.79 Å². The van der Waals surface area contributed by atoms with Gasteiger partial charge in [-0.15, -0.1) is 0 Å². The first-order valence-electron chi connectivity index (χ1n) is 6.12. The second-order valence-electron chi connectivity index (χ2n) is 4.20. The number of carbonyl (C=O) groups is 2. The van der Waals surface area contributed by atoms with E-state index in [1.807, 2.05) is 13.0 Å². The molecule has 0 aliphatic rings. The number of benzene rings is 1. The van der Waals surface area contributed by atoms with E-state index in [1.165, 1.54) is 6.92 Å². The maximum Gasteiger partial charge on any atom is 0.319 e. The van der Waals surface area contributed by atoms with E-state index in [-0.39, 0.29) is 24.3 Å². The molecule has 0 spiro atoms. The van der Waals surface area contributed by atoms with Crippen LogP contribution in [0.4, 0.5) is 10.5 Å². The van der Waals surface area contributed by atoms with E-state index in [0.717, 1.165) is 0 Å². The molecule has 5 heteroatoms. The summed E-state index contributed by atoms with van der Waals surface area (Å²) in [5.74, 6) is -0.0175. The van der Waals surface area contributed by atoms with Crippen molar-refractivity contribution in [3.63, 3.8) is 0 Å². The molecule has 100 valence electrons. The lowest BCUT2D eigenvalue weighted by molar-refractivity contribution is 0.101. The van der Waals surface area contributed by atoms with Gasteiger partial charge < -0.3 is 10.6 Å². The normalized spacial score (nSPS) is 11.2. The molecule has 0 aliphatic heterocycles. The molecule has 0 radical (unpaired) electrons. The second kappa shape index (κ2) is 7.17. The van der Waals surface area contributed by atoms with E-state index in [9.17, 15) is 9.59 Å². The molecule has 2 N–H and O–H groups in total. The molecule has 0 aliphatic carbocycles. The summed E-state index contributed by atoms with van der Waals surface area (Å²) >= 11 is 0. The third kappa shape index (κ3) is 4.80. The van der Waals surface area contributed by atoms with Crippen LogP contribution in [0.1, 0.15) is 37.0 Å². The van der Waals surface area contributed by atoms with Crippen molar-refractivity contribution in [2.24, 2.45) is 0 Å². The topological polar surface area (TPSA) is 82.0 Å². The highest BCUT2D eigenvalue weighted by Crippen LogP contribution is 2.10. The van der Waals surface area contributed by atoms with Crippen LogP contribution in [0, 0.1) is 11.3 Å². The van der Waals surface area contributed by atoms with Crippen LogP contribution in [0.25, 0.3) is 0 Å². The Morgan fingerprint density at radius 2 is 1.95 bits per heavy atom. The molecule has 0 saturated carbocycles. The monoisotopic (exact) mass is 259 g/mol. The number of urea groups is 1. The SMILES string of the molecule is CCC(CC#N)NC(=O)Nc1ccc(C(C)=O)cc1. The van der Waals surface area contributed by atoms with Gasteiger partial charge in [-0.05, 0) is 37.6 Å². The van der Waals surface area contributed by atoms with Gasteiger partial charge in [0.15, 0.2) is 5.78 Å². The fourth-order valence-electron chi connectivity index (χ4n) is 1.55. The zero-order valence-electron chi connectivity index (χ0n) is 11.1. The second-order valence-corrected chi connectivity index (χ2v) is 4.20. The lowest BCUT2D eigenvalue weighted by Gasteiger charge is -2.14. The molecule has 0 fully saturated rings. The highest BCUT2D eigenvalue weighted by atomic mass is 16.2. The van der Waals surface area contributed by atoms with Crippen LogP contribution in [0.2, 0.25) is 0 Å². The largest absolute Gasteiger partial charge is 0.334 e. The summed E-state index contributed by atoms with van der Waals surface area (Å²) in [6.45, 7) is 3.40. The molecule has 0 saturated heterocycles. The summed E-state index contributed by atoms with van der Waals surface area (Å²) in [6, 6.07) is 8.18. The molecule has 0 heterocycles. The van der Waals surface area contributed by atoms with Crippen molar-refractivity contribution in [1.29, 1.82) is 5.26 Å². The number of nitriles is 1. The third-order valence-electron chi connectivity index (χ3n) is 2.71. The fourth-order valence-corrected chi connectivity index (χ4v) is 1.55. The zero-order chi connectivity index (χ0) is 14.3. The van der Waals surface area contributed by atoms with Gasteiger partial charge >= 0.3 is 6.03 Å². The molecule has 1 unspecified atom stereocenters. The summed E-state index contributed by atoms with van der Waals surface area (Å²) < 4.78 is 0. The van der Waals surface area contributed by atoms with Crippen LogP contribution in [0.3, 0.4) is 0 Å². The summed E-state index contributed by atoms with van der Waals surface area (Å²) in [5.41, 5.74) is 1.20. The van der Waals surface area contributed by atoms with Crippen LogP contribution >= 0.6 is 0 Å². The smallest absolute Gasteiger partial charge is 0.319 e. The molecule has 0 aromatic heterocycles. The minimum absolute atomic E-state index is 0.0175. The lowest BCUT2D eigenvalue weighted by Crippen LogP contribution is -2.37. The Bertz CT molecular complexity index is 488. The van der Waals surface area contributed by atoms with Crippen molar-refractivity contribution in [2.75, 3.05) is 5.32 Å². The Labute approximate surface area is 112 Å². The highest BCUT2D eigenvalue weighted by molar-refractivity contribution is 5.95. The molecule has 5 nitrogen and oxygen atoms in total. The summed E-state index contributed by atoms with van der Waals surface area (Å²) in [6.07, 6.45) is 0.984. The van der Waals surface area contributed by atoms with Gasteiger partial charge in [0.25, 0.3) is 0 Å². The first-order valence-corrected chi connectivity index (χ1v) is 6.12. The average Bonchev–Trinajstić information content (AvgIpc) is 2.38. The van der Waals surface area contributed by atoms with E-state index < -0.39 is 0 Å². The van der Waals surface area contributed by atoms with Crippen molar-refractivity contribution in [3.05, 3.63) is 29.8 Å². The van der Waals surface area contributed by atoms with Crippen molar-refractivity contribution < 1.29 is 9.59 Å². The molecule has 1 aromatic rings. The van der Waals surface area contributed by atoms with E-state index in [1.54, 1.807) is 24.3 Å². The van der Waals surface area contributed by atoms with Gasteiger partial charge in [-0.2, -0.15) is 5.26 Å². The number of hydrogen-bond acceptors (Lipinski definition) is 3. The van der Waals surface area contributed by atoms with Crippen LogP contribution in [-0.2, 0) is 0 Å². The minimum Gasteiger partial charge on any atom is -0.334 e. The van der Waals surface area contributed by atoms with Gasteiger partial charge in [-0.1, -0.05) is 6.92 Å². The van der Waals surface area contributed by atoms with Gasteiger partial charge in [0.1, 0.15) is 0 Å². The number of nitrogens with zero attached hydrogens (tertiary/aromatic N) is 1. The van der Waals surface area contributed by atoms with E-state index >= 15 is 0 Å². The van der Waals surface area contributed by atoms with Crippen LogP contribution < -0.4 is 10.6 Å².